The van der Waals surface area contributed by atoms with Crippen LogP contribution in [0.25, 0.3) is 11.0 Å². The summed E-state index contributed by atoms with van der Waals surface area (Å²) in [5, 5.41) is 9.84. The van der Waals surface area contributed by atoms with Gasteiger partial charge in [0.25, 0.3) is 5.91 Å². The fourth-order valence-electron chi connectivity index (χ4n) is 3.88. The van der Waals surface area contributed by atoms with E-state index in [9.17, 15) is 19.3 Å². The van der Waals surface area contributed by atoms with E-state index in [4.69, 9.17) is 16.0 Å². The molecule has 1 aromatic heterocycles. The Kier molecular flexibility index (Phi) is 6.74. The average Bonchev–Trinajstić information content (AvgIpc) is 3.12. The minimum Gasteiger partial charge on any atom is -0.461 e. The van der Waals surface area contributed by atoms with Crippen molar-refractivity contribution in [3.63, 3.8) is 0 Å². The van der Waals surface area contributed by atoms with Crippen LogP contribution in [0.5, 0.6) is 0 Å². The van der Waals surface area contributed by atoms with Crippen molar-refractivity contribution < 1.29 is 18.8 Å². The molecule has 10 nitrogen and oxygen atoms in total. The molecule has 0 spiro atoms. The zero-order valence-corrected chi connectivity index (χ0v) is 20.1. The van der Waals surface area contributed by atoms with E-state index in [2.05, 4.69) is 15.8 Å². The molecule has 35 heavy (non-hydrogen) atoms. The summed E-state index contributed by atoms with van der Waals surface area (Å²) >= 11 is 5.99. The van der Waals surface area contributed by atoms with Crippen molar-refractivity contribution in [3.8, 4) is 0 Å². The predicted molar refractivity (Wildman–Crippen MR) is 131 cm³/mol. The highest BCUT2D eigenvalue weighted by Gasteiger charge is 2.39. The summed E-state index contributed by atoms with van der Waals surface area (Å²) in [6.07, 6.45) is -0.886. The SMILES string of the molecule is Cc1oc2ccc(NC3NC(=O)N(C[C@H](C)C(=O)N=O)C(=O)N3Cc3ccc(Cl)cc3)cc2c1C. The first-order valence-corrected chi connectivity index (χ1v) is 11.3. The van der Waals surface area contributed by atoms with E-state index in [1.165, 1.54) is 11.8 Å². The normalized spacial score (nSPS) is 16.9. The molecule has 182 valence electrons. The van der Waals surface area contributed by atoms with E-state index < -0.39 is 30.2 Å². The second-order valence-electron chi connectivity index (χ2n) is 8.47. The Balaban J connectivity index is 1.63. The Hall–Kier alpha value is -3.92. The molecule has 0 radical (unpaired) electrons. The van der Waals surface area contributed by atoms with Gasteiger partial charge in [-0.1, -0.05) is 30.7 Å². The molecule has 4 rings (SSSR count). The molecular weight excluding hydrogens is 474 g/mol. The van der Waals surface area contributed by atoms with Crippen LogP contribution in [-0.4, -0.2) is 40.6 Å². The number of urea groups is 2. The predicted octanol–water partition coefficient (Wildman–Crippen LogP) is 4.98. The first kappa shape index (κ1) is 24.2. The Morgan fingerprint density at radius 1 is 1.20 bits per heavy atom. The third-order valence-corrected chi connectivity index (χ3v) is 6.26. The molecule has 3 aromatic rings. The van der Waals surface area contributed by atoms with Gasteiger partial charge in [-0.05, 0) is 55.3 Å². The van der Waals surface area contributed by atoms with Gasteiger partial charge in [-0.2, -0.15) is 0 Å². The topological polar surface area (TPSA) is 124 Å². The van der Waals surface area contributed by atoms with E-state index in [0.717, 1.165) is 32.8 Å². The number of hydrogen-bond acceptors (Lipinski definition) is 6. The van der Waals surface area contributed by atoms with Gasteiger partial charge < -0.3 is 9.73 Å². The Morgan fingerprint density at radius 3 is 2.60 bits per heavy atom. The molecule has 0 aliphatic carbocycles. The van der Waals surface area contributed by atoms with Crippen LogP contribution in [0.1, 0.15) is 23.8 Å². The number of nitrogens with one attached hydrogen (secondary N) is 2. The molecule has 1 saturated heterocycles. The number of aryl methyl sites for hydroxylation is 2. The number of furan rings is 1. The van der Waals surface area contributed by atoms with Crippen LogP contribution in [0.3, 0.4) is 0 Å². The first-order chi connectivity index (χ1) is 16.7. The number of fused-ring (bicyclic) bond motifs is 1. The number of nitroso groups, excluding NO2 is 1. The number of nitrogens with zero attached hydrogens (tertiary/aromatic N) is 3. The molecule has 2 N–H and O–H groups in total. The highest BCUT2D eigenvalue weighted by atomic mass is 35.5. The maximum Gasteiger partial charge on any atom is 0.331 e. The highest BCUT2D eigenvalue weighted by molar-refractivity contribution is 6.30. The van der Waals surface area contributed by atoms with Crippen molar-refractivity contribution >= 4 is 46.2 Å². The number of carbonyl (C=O) groups excluding carboxylic acids is 3. The minimum atomic E-state index is -0.936. The van der Waals surface area contributed by atoms with Crippen LogP contribution in [-0.2, 0) is 11.3 Å². The Labute approximate surface area is 206 Å². The van der Waals surface area contributed by atoms with E-state index in [-0.39, 0.29) is 13.1 Å². The van der Waals surface area contributed by atoms with Crippen molar-refractivity contribution in [2.45, 2.75) is 33.6 Å². The van der Waals surface area contributed by atoms with E-state index >= 15 is 0 Å². The van der Waals surface area contributed by atoms with Gasteiger partial charge in [-0.3, -0.25) is 15.0 Å². The van der Waals surface area contributed by atoms with Gasteiger partial charge in [-0.15, -0.1) is 4.91 Å². The van der Waals surface area contributed by atoms with Crippen LogP contribution in [0.15, 0.2) is 52.1 Å². The quantitative estimate of drug-likeness (QED) is 0.444. The summed E-state index contributed by atoms with van der Waals surface area (Å²) in [7, 11) is 0. The first-order valence-electron chi connectivity index (χ1n) is 10.9. The van der Waals surface area contributed by atoms with Crippen molar-refractivity contribution in [3.05, 3.63) is 69.3 Å². The molecule has 0 saturated carbocycles. The third-order valence-electron chi connectivity index (χ3n) is 6.01. The Morgan fingerprint density at radius 2 is 1.91 bits per heavy atom. The molecule has 5 amide bonds. The number of carbonyl (C=O) groups is 3. The molecule has 1 fully saturated rings. The van der Waals surface area contributed by atoms with Crippen LogP contribution in [0.4, 0.5) is 15.3 Å². The lowest BCUT2D eigenvalue weighted by Gasteiger charge is -2.41. The van der Waals surface area contributed by atoms with E-state index in [1.807, 2.05) is 26.0 Å². The number of halogens is 1. The van der Waals surface area contributed by atoms with Crippen LogP contribution in [0.2, 0.25) is 5.02 Å². The summed E-state index contributed by atoms with van der Waals surface area (Å²) in [6.45, 7) is 5.14. The summed E-state index contributed by atoms with van der Waals surface area (Å²) in [6, 6.07) is 11.2. The van der Waals surface area contributed by atoms with Gasteiger partial charge in [-0.25, -0.2) is 14.5 Å². The molecule has 2 aromatic carbocycles. The molecular formula is C24H24ClN5O5. The lowest BCUT2D eigenvalue weighted by Crippen LogP contribution is -2.67. The number of imide groups is 1. The lowest BCUT2D eigenvalue weighted by atomic mass is 10.1. The van der Waals surface area contributed by atoms with Gasteiger partial charge in [0.15, 0.2) is 6.29 Å². The number of anilines is 1. The number of amides is 5. The zero-order chi connectivity index (χ0) is 25.3. The fourth-order valence-corrected chi connectivity index (χ4v) is 4.00. The molecule has 2 heterocycles. The maximum atomic E-state index is 13.4. The zero-order valence-electron chi connectivity index (χ0n) is 19.4. The van der Waals surface area contributed by atoms with E-state index in [0.29, 0.717) is 10.7 Å². The van der Waals surface area contributed by atoms with Crippen LogP contribution >= 0.6 is 11.6 Å². The van der Waals surface area contributed by atoms with E-state index in [1.54, 1.807) is 30.3 Å². The lowest BCUT2D eigenvalue weighted by molar-refractivity contribution is -0.121. The summed E-state index contributed by atoms with van der Waals surface area (Å²) in [4.78, 5) is 50.8. The molecule has 11 heteroatoms. The number of benzene rings is 2. The van der Waals surface area contributed by atoms with Crippen molar-refractivity contribution in [2.24, 2.45) is 11.1 Å². The molecule has 1 unspecified atom stereocenters. The molecule has 0 bridgehead atoms. The largest absolute Gasteiger partial charge is 0.461 e. The average molecular weight is 498 g/mol. The van der Waals surface area contributed by atoms with Crippen molar-refractivity contribution in [1.82, 2.24) is 15.1 Å². The van der Waals surface area contributed by atoms with Gasteiger partial charge >= 0.3 is 12.1 Å². The Bertz CT molecular complexity index is 1310. The van der Waals surface area contributed by atoms with Gasteiger partial charge in [0.05, 0.1) is 12.5 Å². The monoisotopic (exact) mass is 497 g/mol. The van der Waals surface area contributed by atoms with Gasteiger partial charge in [0.2, 0.25) is 0 Å². The molecule has 1 aliphatic heterocycles. The maximum absolute atomic E-state index is 13.4. The van der Waals surface area contributed by atoms with Crippen LogP contribution < -0.4 is 10.6 Å². The van der Waals surface area contributed by atoms with Gasteiger partial charge in [0.1, 0.15) is 11.3 Å². The summed E-state index contributed by atoms with van der Waals surface area (Å²) in [5.41, 5.74) is 3.18. The number of rotatable bonds is 7. The smallest absolute Gasteiger partial charge is 0.331 e. The molecule has 1 aliphatic rings. The highest BCUT2D eigenvalue weighted by Crippen LogP contribution is 2.28. The summed E-state index contributed by atoms with van der Waals surface area (Å²) < 4.78 is 5.73. The molecule has 2 atom stereocenters. The second-order valence-corrected chi connectivity index (χ2v) is 8.91. The van der Waals surface area contributed by atoms with Crippen LogP contribution in [0, 0.1) is 24.7 Å². The van der Waals surface area contributed by atoms with Crippen molar-refractivity contribution in [1.29, 1.82) is 0 Å². The van der Waals surface area contributed by atoms with Gasteiger partial charge in [0, 0.05) is 27.8 Å². The fraction of sp³-hybridized carbons (Fsp3) is 0.292. The standard InChI is InChI=1S/C24H24ClN5O5/c1-13(21(31)28-34)11-30-23(32)27-22(29(24(30)33)12-16-4-6-17(25)7-5-16)26-18-8-9-20-19(10-18)14(2)15(3)35-20/h4-10,13,22,26H,11-12H2,1-3H3,(H,27,32)/t13-,22?/m0/s1. The summed E-state index contributed by atoms with van der Waals surface area (Å²) in [5.74, 6) is -1.06. The minimum absolute atomic E-state index is 0.144. The van der Waals surface area contributed by atoms with Crippen molar-refractivity contribution in [2.75, 3.05) is 11.9 Å². The number of hydrogen-bond donors (Lipinski definition) is 2. The third kappa shape index (κ3) is 4.97. The second kappa shape index (κ2) is 9.75.